The van der Waals surface area contributed by atoms with Crippen LogP contribution in [0, 0.1) is 0 Å². The van der Waals surface area contributed by atoms with Crippen molar-refractivity contribution in [3.05, 3.63) is 52.9 Å². The van der Waals surface area contributed by atoms with E-state index >= 15 is 0 Å². The molecule has 1 N–H and O–H groups in total. The SMILES string of the molecule is C[C@@H]1OC(=O)C2=C3C1=CCCN3CCc1c2[nH]c2ccccc12. The van der Waals surface area contributed by atoms with E-state index in [0.717, 1.165) is 54.0 Å². The first-order valence-electron chi connectivity index (χ1n) is 8.24. The summed E-state index contributed by atoms with van der Waals surface area (Å²) in [7, 11) is 0. The largest absolute Gasteiger partial charge is 0.454 e. The van der Waals surface area contributed by atoms with Crippen molar-refractivity contribution in [2.45, 2.75) is 25.9 Å². The van der Waals surface area contributed by atoms with Crippen LogP contribution >= 0.6 is 0 Å². The number of carbonyl (C=O) groups excluding carboxylic acids is 1. The van der Waals surface area contributed by atoms with Gasteiger partial charge < -0.3 is 14.6 Å². The van der Waals surface area contributed by atoms with Crippen molar-refractivity contribution in [1.29, 1.82) is 0 Å². The van der Waals surface area contributed by atoms with Crippen molar-refractivity contribution >= 4 is 22.4 Å². The first-order chi connectivity index (χ1) is 11.2. The lowest BCUT2D eigenvalue weighted by Gasteiger charge is -2.37. The van der Waals surface area contributed by atoms with Gasteiger partial charge in [-0.05, 0) is 31.4 Å². The molecule has 4 heterocycles. The fourth-order valence-corrected chi connectivity index (χ4v) is 4.17. The van der Waals surface area contributed by atoms with E-state index in [4.69, 9.17) is 4.74 Å². The molecule has 23 heavy (non-hydrogen) atoms. The summed E-state index contributed by atoms with van der Waals surface area (Å²) in [6.07, 6.45) is 4.04. The van der Waals surface area contributed by atoms with Gasteiger partial charge in [-0.15, -0.1) is 0 Å². The Morgan fingerprint density at radius 3 is 3.04 bits per heavy atom. The number of hydrogen-bond acceptors (Lipinski definition) is 3. The number of H-pyrrole nitrogens is 1. The molecule has 4 heteroatoms. The Morgan fingerprint density at radius 2 is 2.13 bits per heavy atom. The van der Waals surface area contributed by atoms with Gasteiger partial charge >= 0.3 is 5.97 Å². The summed E-state index contributed by atoms with van der Waals surface area (Å²) in [4.78, 5) is 18.6. The molecule has 116 valence electrons. The van der Waals surface area contributed by atoms with Gasteiger partial charge in [-0.25, -0.2) is 4.79 Å². The lowest BCUT2D eigenvalue weighted by Crippen LogP contribution is -2.37. The zero-order valence-electron chi connectivity index (χ0n) is 13.1. The van der Waals surface area contributed by atoms with Crippen molar-refractivity contribution in [3.8, 4) is 0 Å². The quantitative estimate of drug-likeness (QED) is 0.761. The van der Waals surface area contributed by atoms with E-state index in [-0.39, 0.29) is 12.1 Å². The van der Waals surface area contributed by atoms with Crippen LogP contribution in [-0.2, 0) is 16.0 Å². The maximum absolute atomic E-state index is 12.7. The van der Waals surface area contributed by atoms with Crippen LogP contribution in [-0.4, -0.2) is 35.0 Å². The Balaban J connectivity index is 1.85. The Morgan fingerprint density at radius 1 is 1.26 bits per heavy atom. The first-order valence-corrected chi connectivity index (χ1v) is 8.24. The number of aromatic amines is 1. The number of hydrogen-bond donors (Lipinski definition) is 1. The highest BCUT2D eigenvalue weighted by Gasteiger charge is 2.39. The highest BCUT2D eigenvalue weighted by Crippen LogP contribution is 2.42. The van der Waals surface area contributed by atoms with E-state index in [1.165, 1.54) is 10.9 Å². The third kappa shape index (κ3) is 1.69. The molecule has 1 aromatic carbocycles. The highest BCUT2D eigenvalue weighted by atomic mass is 16.5. The second kappa shape index (κ2) is 4.51. The fourth-order valence-electron chi connectivity index (χ4n) is 4.17. The van der Waals surface area contributed by atoms with Crippen molar-refractivity contribution < 1.29 is 9.53 Å². The Labute approximate surface area is 134 Å². The number of nitrogens with zero attached hydrogens (tertiary/aromatic N) is 1. The Hall–Kier alpha value is -2.49. The van der Waals surface area contributed by atoms with E-state index in [0.29, 0.717) is 0 Å². The number of fused-ring (bicyclic) bond motifs is 4. The molecule has 0 bridgehead atoms. The van der Waals surface area contributed by atoms with E-state index in [1.807, 2.05) is 13.0 Å². The molecule has 3 aliphatic rings. The molecule has 0 aliphatic carbocycles. The topological polar surface area (TPSA) is 45.3 Å². The number of aromatic nitrogens is 1. The van der Waals surface area contributed by atoms with E-state index < -0.39 is 0 Å². The minimum Gasteiger partial charge on any atom is -0.454 e. The molecule has 1 atom stereocenters. The highest BCUT2D eigenvalue weighted by molar-refractivity contribution is 6.20. The van der Waals surface area contributed by atoms with Gasteiger partial charge in [0, 0.05) is 29.6 Å². The van der Waals surface area contributed by atoms with Crippen LogP contribution in [0.15, 0.2) is 41.6 Å². The lowest BCUT2D eigenvalue weighted by atomic mass is 9.92. The lowest BCUT2D eigenvalue weighted by molar-refractivity contribution is -0.140. The second-order valence-electron chi connectivity index (χ2n) is 6.48. The number of cyclic esters (lactones) is 1. The number of carbonyl (C=O) groups is 1. The minimum absolute atomic E-state index is 0.157. The number of nitrogens with one attached hydrogen (secondary N) is 1. The van der Waals surface area contributed by atoms with Crippen LogP contribution in [0.4, 0.5) is 0 Å². The van der Waals surface area contributed by atoms with Crippen LogP contribution in [0.25, 0.3) is 16.5 Å². The average molecular weight is 306 g/mol. The van der Waals surface area contributed by atoms with Crippen molar-refractivity contribution in [1.82, 2.24) is 9.88 Å². The molecule has 0 unspecified atom stereocenters. The van der Waals surface area contributed by atoms with Gasteiger partial charge in [-0.1, -0.05) is 24.3 Å². The molecular formula is C19H18N2O2. The predicted octanol–water partition coefficient (Wildman–Crippen LogP) is 3.01. The molecule has 0 saturated heterocycles. The van der Waals surface area contributed by atoms with Crippen LogP contribution in [0.1, 0.15) is 24.6 Å². The predicted molar refractivity (Wildman–Crippen MR) is 88.7 cm³/mol. The van der Waals surface area contributed by atoms with E-state index in [1.54, 1.807) is 0 Å². The fraction of sp³-hybridized carbons (Fsp3) is 0.316. The zero-order valence-corrected chi connectivity index (χ0v) is 13.1. The van der Waals surface area contributed by atoms with Crippen LogP contribution < -0.4 is 0 Å². The molecule has 0 radical (unpaired) electrons. The normalized spacial score (nSPS) is 23.2. The molecule has 0 spiro atoms. The number of esters is 1. The molecule has 0 fully saturated rings. The smallest absolute Gasteiger partial charge is 0.343 e. The third-order valence-corrected chi connectivity index (χ3v) is 5.21. The molecule has 0 saturated carbocycles. The second-order valence-corrected chi connectivity index (χ2v) is 6.48. The summed E-state index contributed by atoms with van der Waals surface area (Å²) in [5, 5.41) is 1.22. The first kappa shape index (κ1) is 13.0. The monoisotopic (exact) mass is 306 g/mol. The van der Waals surface area contributed by atoms with Gasteiger partial charge in [0.2, 0.25) is 0 Å². The van der Waals surface area contributed by atoms with Crippen molar-refractivity contribution in [2.75, 3.05) is 13.1 Å². The maximum Gasteiger partial charge on any atom is 0.343 e. The van der Waals surface area contributed by atoms with Gasteiger partial charge in [0.25, 0.3) is 0 Å². The van der Waals surface area contributed by atoms with Crippen LogP contribution in [0.3, 0.4) is 0 Å². The molecule has 1 aromatic heterocycles. The summed E-state index contributed by atoms with van der Waals surface area (Å²) >= 11 is 0. The molecular weight excluding hydrogens is 288 g/mol. The minimum atomic E-state index is -0.203. The van der Waals surface area contributed by atoms with E-state index in [2.05, 4.69) is 34.2 Å². The number of ether oxygens (including phenoxy) is 1. The van der Waals surface area contributed by atoms with Crippen LogP contribution in [0.5, 0.6) is 0 Å². The molecule has 0 amide bonds. The molecule has 4 nitrogen and oxygen atoms in total. The van der Waals surface area contributed by atoms with Gasteiger partial charge in [-0.3, -0.25) is 0 Å². The van der Waals surface area contributed by atoms with Crippen molar-refractivity contribution in [2.24, 2.45) is 0 Å². The Bertz CT molecular complexity index is 903. The van der Waals surface area contributed by atoms with Gasteiger partial charge in [0.1, 0.15) is 11.7 Å². The number of para-hydroxylation sites is 1. The van der Waals surface area contributed by atoms with Gasteiger partial charge in [-0.2, -0.15) is 0 Å². The van der Waals surface area contributed by atoms with Gasteiger partial charge in [0.05, 0.1) is 11.4 Å². The third-order valence-electron chi connectivity index (χ3n) is 5.21. The maximum atomic E-state index is 12.7. The summed E-state index contributed by atoms with van der Waals surface area (Å²) in [5.74, 6) is -0.203. The molecule has 2 aromatic rings. The number of rotatable bonds is 0. The molecule has 3 aliphatic heterocycles. The average Bonchev–Trinajstić information content (AvgIpc) is 2.83. The Kier molecular flexibility index (Phi) is 2.55. The van der Waals surface area contributed by atoms with Crippen molar-refractivity contribution in [3.63, 3.8) is 0 Å². The standard InChI is InChI=1S/C19H18N2O2/c1-11-12-6-4-9-21-10-8-14-13-5-2-3-7-15(13)20-17(14)16(18(12)21)19(22)23-11/h2-3,5-7,11,20H,4,8-10H2,1H3/t11-/m0/s1. The summed E-state index contributed by atoms with van der Waals surface area (Å²) in [6, 6.07) is 8.28. The summed E-state index contributed by atoms with van der Waals surface area (Å²) < 4.78 is 5.64. The van der Waals surface area contributed by atoms with Crippen LogP contribution in [0.2, 0.25) is 0 Å². The number of benzene rings is 1. The van der Waals surface area contributed by atoms with E-state index in [9.17, 15) is 4.79 Å². The summed E-state index contributed by atoms with van der Waals surface area (Å²) in [6.45, 7) is 3.89. The van der Waals surface area contributed by atoms with Gasteiger partial charge in [0.15, 0.2) is 0 Å². The molecule has 5 rings (SSSR count). The zero-order chi connectivity index (χ0) is 15.6. The summed E-state index contributed by atoms with van der Waals surface area (Å²) in [5.41, 5.74) is 6.25.